The van der Waals surface area contributed by atoms with E-state index in [0.717, 1.165) is 0 Å². The van der Waals surface area contributed by atoms with E-state index in [9.17, 15) is 23.1 Å². The van der Waals surface area contributed by atoms with E-state index in [-0.39, 0.29) is 12.2 Å². The molecule has 112 valence electrons. The highest BCUT2D eigenvalue weighted by Gasteiger charge is 2.45. The van der Waals surface area contributed by atoms with Gasteiger partial charge in [-0.1, -0.05) is 30.3 Å². The van der Waals surface area contributed by atoms with Crippen LogP contribution in [0.3, 0.4) is 0 Å². The number of rotatable bonds is 7. The zero-order valence-electron chi connectivity index (χ0n) is 10.8. The van der Waals surface area contributed by atoms with Gasteiger partial charge in [0.25, 0.3) is 0 Å². The van der Waals surface area contributed by atoms with Crippen LogP contribution in [0.1, 0.15) is 12.5 Å². The summed E-state index contributed by atoms with van der Waals surface area (Å²) in [5.41, 5.74) is -2.07. The molecule has 1 aromatic rings. The molecule has 20 heavy (non-hydrogen) atoms. The number of ether oxygens (including phenoxy) is 2. The van der Waals surface area contributed by atoms with Crippen molar-refractivity contribution < 1.29 is 32.5 Å². The highest BCUT2D eigenvalue weighted by atomic mass is 19.4. The molecule has 0 aliphatic rings. The molecule has 0 fully saturated rings. The molecule has 0 amide bonds. The van der Waals surface area contributed by atoms with Gasteiger partial charge in [0.15, 0.2) is 0 Å². The summed E-state index contributed by atoms with van der Waals surface area (Å²) >= 11 is 0. The van der Waals surface area contributed by atoms with Gasteiger partial charge in [-0.2, -0.15) is 13.2 Å². The van der Waals surface area contributed by atoms with Crippen molar-refractivity contribution in [2.45, 2.75) is 18.7 Å². The molecule has 0 aliphatic carbocycles. The Hall–Kier alpha value is -1.60. The third kappa shape index (κ3) is 4.21. The summed E-state index contributed by atoms with van der Waals surface area (Å²) in [6, 6.07) is 7.46. The fourth-order valence-electron chi connectivity index (χ4n) is 1.61. The first kappa shape index (κ1) is 16.5. The van der Waals surface area contributed by atoms with Crippen molar-refractivity contribution in [3.8, 4) is 0 Å². The molecule has 1 unspecified atom stereocenters. The lowest BCUT2D eigenvalue weighted by Gasteiger charge is -2.30. The van der Waals surface area contributed by atoms with Crippen LogP contribution in [0, 0.1) is 0 Å². The number of aliphatic carboxylic acids is 1. The largest absolute Gasteiger partial charge is 0.479 e. The molecule has 1 aromatic carbocycles. The second kappa shape index (κ2) is 6.71. The molecule has 0 saturated heterocycles. The maximum atomic E-state index is 12.3. The van der Waals surface area contributed by atoms with Gasteiger partial charge in [-0.15, -0.1) is 0 Å². The summed E-state index contributed by atoms with van der Waals surface area (Å²) in [6.45, 7) is -0.390. The minimum Gasteiger partial charge on any atom is -0.479 e. The number of hydrogen-bond donors (Lipinski definition) is 1. The molecule has 7 heteroatoms. The minimum atomic E-state index is -4.62. The van der Waals surface area contributed by atoms with E-state index in [1.165, 1.54) is 24.3 Å². The molecule has 0 spiro atoms. The summed E-state index contributed by atoms with van der Waals surface area (Å²) < 4.78 is 46.7. The summed E-state index contributed by atoms with van der Waals surface area (Å²) in [5, 5.41) is 9.33. The van der Waals surface area contributed by atoms with E-state index >= 15 is 0 Å². The average molecular weight is 292 g/mol. The fourth-order valence-corrected chi connectivity index (χ4v) is 1.61. The summed E-state index contributed by atoms with van der Waals surface area (Å²) in [4.78, 5) is 11.5. The number of benzene rings is 1. The third-order valence-electron chi connectivity index (χ3n) is 2.58. The van der Waals surface area contributed by atoms with Gasteiger partial charge in [0.1, 0.15) is 6.61 Å². The molecule has 1 N–H and O–H groups in total. The van der Waals surface area contributed by atoms with E-state index in [1.54, 1.807) is 13.0 Å². The molecule has 4 nitrogen and oxygen atoms in total. The predicted molar refractivity (Wildman–Crippen MR) is 64.3 cm³/mol. The summed E-state index contributed by atoms with van der Waals surface area (Å²) in [5.74, 6) is -1.53. The maximum Gasteiger partial charge on any atom is 0.411 e. The van der Waals surface area contributed by atoms with Gasteiger partial charge < -0.3 is 14.6 Å². The molecule has 0 aliphatic heterocycles. The number of alkyl halides is 3. The first-order chi connectivity index (χ1) is 9.32. The molecular weight excluding hydrogens is 277 g/mol. The van der Waals surface area contributed by atoms with Crippen LogP contribution in [0.5, 0.6) is 0 Å². The van der Waals surface area contributed by atoms with E-state index in [4.69, 9.17) is 9.47 Å². The Kier molecular flexibility index (Phi) is 5.52. The molecule has 0 saturated carbocycles. The molecule has 0 heterocycles. The lowest BCUT2D eigenvalue weighted by Crippen LogP contribution is -2.45. The van der Waals surface area contributed by atoms with Gasteiger partial charge in [0.05, 0.1) is 6.61 Å². The Morgan fingerprint density at radius 1 is 1.20 bits per heavy atom. The summed E-state index contributed by atoms with van der Waals surface area (Å²) in [7, 11) is 0. The van der Waals surface area contributed by atoms with Crippen LogP contribution in [0.2, 0.25) is 0 Å². The van der Waals surface area contributed by atoms with Crippen molar-refractivity contribution in [1.29, 1.82) is 0 Å². The van der Waals surface area contributed by atoms with Gasteiger partial charge >= 0.3 is 12.1 Å². The fraction of sp³-hybridized carbons (Fsp3) is 0.462. The Bertz CT molecular complexity index is 433. The molecule has 0 aromatic heterocycles. The minimum absolute atomic E-state index is 0.102. The number of carboxylic acid groups (broad SMARTS) is 1. The van der Waals surface area contributed by atoms with Gasteiger partial charge in [0.2, 0.25) is 5.60 Å². The van der Waals surface area contributed by atoms with Crippen molar-refractivity contribution >= 4 is 5.97 Å². The second-order valence-electron chi connectivity index (χ2n) is 4.04. The number of carbonyl (C=O) groups is 1. The van der Waals surface area contributed by atoms with Crippen LogP contribution >= 0.6 is 0 Å². The monoisotopic (exact) mass is 292 g/mol. The van der Waals surface area contributed by atoms with Gasteiger partial charge in [0, 0.05) is 6.61 Å². The molecule has 1 rings (SSSR count). The SMILES string of the molecule is CCOCC(OCC(F)(F)F)(C(=O)O)c1ccccc1. The molecular formula is C13H15F3O4. The Morgan fingerprint density at radius 2 is 1.80 bits per heavy atom. The standard InChI is InChI=1S/C13H15F3O4/c1-2-19-8-12(11(17)18,20-9-13(14,15)16)10-6-4-3-5-7-10/h3-7H,2,8-9H2,1H3,(H,17,18). The lowest BCUT2D eigenvalue weighted by atomic mass is 9.94. The first-order valence-corrected chi connectivity index (χ1v) is 5.89. The van der Waals surface area contributed by atoms with Crippen LogP contribution in [-0.2, 0) is 19.9 Å². The van der Waals surface area contributed by atoms with Crippen molar-refractivity contribution in [3.63, 3.8) is 0 Å². The normalized spacial score (nSPS) is 14.8. The Morgan fingerprint density at radius 3 is 2.25 bits per heavy atom. The number of halogens is 3. The first-order valence-electron chi connectivity index (χ1n) is 5.89. The number of carboxylic acids is 1. The molecule has 0 bridgehead atoms. The van der Waals surface area contributed by atoms with Crippen LogP contribution < -0.4 is 0 Å². The van der Waals surface area contributed by atoms with Crippen molar-refractivity contribution in [2.24, 2.45) is 0 Å². The highest BCUT2D eigenvalue weighted by molar-refractivity contribution is 5.79. The van der Waals surface area contributed by atoms with Gasteiger partial charge in [-0.3, -0.25) is 0 Å². The quantitative estimate of drug-likeness (QED) is 0.839. The van der Waals surface area contributed by atoms with E-state index in [2.05, 4.69) is 0 Å². The highest BCUT2D eigenvalue weighted by Crippen LogP contribution is 2.29. The van der Waals surface area contributed by atoms with Gasteiger partial charge in [-0.25, -0.2) is 4.79 Å². The maximum absolute atomic E-state index is 12.3. The van der Waals surface area contributed by atoms with Crippen LogP contribution in [0.25, 0.3) is 0 Å². The van der Waals surface area contributed by atoms with E-state index in [1.807, 2.05) is 0 Å². The Labute approximate surface area is 114 Å². The van der Waals surface area contributed by atoms with Gasteiger partial charge in [-0.05, 0) is 12.5 Å². The van der Waals surface area contributed by atoms with Crippen LogP contribution in [0.15, 0.2) is 30.3 Å². The topological polar surface area (TPSA) is 55.8 Å². The average Bonchev–Trinajstić information content (AvgIpc) is 2.39. The smallest absolute Gasteiger partial charge is 0.411 e. The van der Waals surface area contributed by atoms with Crippen molar-refractivity contribution in [3.05, 3.63) is 35.9 Å². The Balaban J connectivity index is 3.11. The predicted octanol–water partition coefficient (Wildman–Crippen LogP) is 2.58. The molecule has 1 atom stereocenters. The zero-order valence-corrected chi connectivity index (χ0v) is 10.8. The zero-order chi connectivity index (χ0) is 15.2. The number of hydrogen-bond acceptors (Lipinski definition) is 3. The van der Waals surface area contributed by atoms with Crippen LogP contribution in [-0.4, -0.2) is 37.1 Å². The van der Waals surface area contributed by atoms with E-state index < -0.39 is 31.0 Å². The second-order valence-corrected chi connectivity index (χ2v) is 4.04. The lowest BCUT2D eigenvalue weighted by molar-refractivity contribution is -0.224. The van der Waals surface area contributed by atoms with Crippen molar-refractivity contribution in [2.75, 3.05) is 19.8 Å². The third-order valence-corrected chi connectivity index (χ3v) is 2.58. The summed E-state index contributed by atoms with van der Waals surface area (Å²) in [6.07, 6.45) is -4.62. The molecule has 0 radical (unpaired) electrons. The van der Waals surface area contributed by atoms with E-state index in [0.29, 0.717) is 0 Å². The van der Waals surface area contributed by atoms with Crippen molar-refractivity contribution in [1.82, 2.24) is 0 Å². The van der Waals surface area contributed by atoms with Crippen LogP contribution in [0.4, 0.5) is 13.2 Å².